The van der Waals surface area contributed by atoms with Gasteiger partial charge < -0.3 is 4.74 Å². The van der Waals surface area contributed by atoms with E-state index in [0.717, 1.165) is 19.5 Å². The molecule has 0 bridgehead atoms. The Bertz CT molecular complexity index is 431. The van der Waals surface area contributed by atoms with Gasteiger partial charge in [-0.05, 0) is 24.8 Å². The van der Waals surface area contributed by atoms with Gasteiger partial charge in [-0.3, -0.25) is 9.69 Å². The summed E-state index contributed by atoms with van der Waals surface area (Å²) in [4.78, 5) is 14.1. The second-order valence-electron chi connectivity index (χ2n) is 5.36. The third-order valence-corrected chi connectivity index (χ3v) is 4.33. The van der Waals surface area contributed by atoms with Crippen LogP contribution in [-0.4, -0.2) is 30.6 Å². The SMILES string of the molecule is C[C@H](c1ccccc1)N1C[C@@H]2CCOC(=O)[C@@H]2C1. The Morgan fingerprint density at radius 1 is 1.28 bits per heavy atom. The molecular weight excluding hydrogens is 226 g/mol. The van der Waals surface area contributed by atoms with Crippen LogP contribution in [0.25, 0.3) is 0 Å². The molecule has 3 rings (SSSR count). The molecule has 2 saturated heterocycles. The van der Waals surface area contributed by atoms with Crippen molar-refractivity contribution in [3.05, 3.63) is 35.9 Å². The van der Waals surface area contributed by atoms with Crippen LogP contribution in [-0.2, 0) is 9.53 Å². The van der Waals surface area contributed by atoms with Crippen molar-refractivity contribution in [2.75, 3.05) is 19.7 Å². The Morgan fingerprint density at radius 3 is 2.78 bits per heavy atom. The van der Waals surface area contributed by atoms with Crippen molar-refractivity contribution < 1.29 is 9.53 Å². The molecule has 1 aromatic rings. The van der Waals surface area contributed by atoms with Gasteiger partial charge in [0, 0.05) is 19.1 Å². The van der Waals surface area contributed by atoms with E-state index in [9.17, 15) is 4.79 Å². The second-order valence-corrected chi connectivity index (χ2v) is 5.36. The Labute approximate surface area is 108 Å². The maximum absolute atomic E-state index is 11.7. The van der Waals surface area contributed by atoms with Crippen LogP contribution in [0.4, 0.5) is 0 Å². The fourth-order valence-corrected chi connectivity index (χ4v) is 3.14. The first-order chi connectivity index (χ1) is 8.75. The van der Waals surface area contributed by atoms with Gasteiger partial charge in [-0.1, -0.05) is 30.3 Å². The highest BCUT2D eigenvalue weighted by molar-refractivity contribution is 5.74. The number of hydrogen-bond donors (Lipinski definition) is 0. The third-order valence-electron chi connectivity index (χ3n) is 4.33. The number of carbonyl (C=O) groups excluding carboxylic acids is 1. The zero-order valence-electron chi connectivity index (χ0n) is 10.7. The quantitative estimate of drug-likeness (QED) is 0.748. The maximum atomic E-state index is 11.7. The Morgan fingerprint density at radius 2 is 2.06 bits per heavy atom. The van der Waals surface area contributed by atoms with E-state index in [-0.39, 0.29) is 11.9 Å². The number of benzene rings is 1. The fourth-order valence-electron chi connectivity index (χ4n) is 3.14. The highest BCUT2D eigenvalue weighted by Crippen LogP contribution is 2.35. The average Bonchev–Trinajstić information content (AvgIpc) is 2.84. The number of likely N-dealkylation sites (tertiary alicyclic amines) is 1. The van der Waals surface area contributed by atoms with Crippen LogP contribution in [0.2, 0.25) is 0 Å². The maximum Gasteiger partial charge on any atom is 0.310 e. The molecule has 2 heterocycles. The summed E-state index contributed by atoms with van der Waals surface area (Å²) in [6.45, 7) is 4.70. The number of cyclic esters (lactones) is 1. The van der Waals surface area contributed by atoms with Crippen LogP contribution in [0.1, 0.15) is 24.9 Å². The van der Waals surface area contributed by atoms with Gasteiger partial charge in [-0.25, -0.2) is 0 Å². The normalized spacial score (nSPS) is 29.7. The van der Waals surface area contributed by atoms with Gasteiger partial charge in [-0.15, -0.1) is 0 Å². The number of nitrogens with zero attached hydrogens (tertiary/aromatic N) is 1. The summed E-state index contributed by atoms with van der Waals surface area (Å²) in [6.07, 6.45) is 1.02. The molecule has 0 unspecified atom stereocenters. The lowest BCUT2D eigenvalue weighted by Crippen LogP contribution is -2.31. The molecular formula is C15H19NO2. The minimum absolute atomic E-state index is 0.00834. The monoisotopic (exact) mass is 245 g/mol. The topological polar surface area (TPSA) is 29.5 Å². The largest absolute Gasteiger partial charge is 0.465 e. The summed E-state index contributed by atoms with van der Waals surface area (Å²) >= 11 is 0. The number of esters is 1. The van der Waals surface area contributed by atoms with Crippen molar-refractivity contribution in [2.24, 2.45) is 11.8 Å². The van der Waals surface area contributed by atoms with Gasteiger partial charge in [0.2, 0.25) is 0 Å². The van der Waals surface area contributed by atoms with E-state index in [0.29, 0.717) is 18.6 Å². The molecule has 0 aromatic heterocycles. The molecule has 3 nitrogen and oxygen atoms in total. The molecule has 0 spiro atoms. The average molecular weight is 245 g/mol. The zero-order chi connectivity index (χ0) is 12.5. The number of fused-ring (bicyclic) bond motifs is 1. The van der Waals surface area contributed by atoms with Crippen molar-refractivity contribution in [1.29, 1.82) is 0 Å². The molecule has 3 heteroatoms. The van der Waals surface area contributed by atoms with Crippen LogP contribution >= 0.6 is 0 Å². The van der Waals surface area contributed by atoms with Crippen LogP contribution in [0.3, 0.4) is 0 Å². The number of ether oxygens (including phenoxy) is 1. The van der Waals surface area contributed by atoms with E-state index in [1.165, 1.54) is 5.56 Å². The van der Waals surface area contributed by atoms with Crippen molar-refractivity contribution in [3.63, 3.8) is 0 Å². The van der Waals surface area contributed by atoms with E-state index in [4.69, 9.17) is 4.74 Å². The highest BCUT2D eigenvalue weighted by atomic mass is 16.5. The summed E-state index contributed by atoms with van der Waals surface area (Å²) < 4.78 is 5.16. The van der Waals surface area contributed by atoms with Gasteiger partial charge in [0.05, 0.1) is 12.5 Å². The molecule has 2 fully saturated rings. The summed E-state index contributed by atoms with van der Waals surface area (Å²) in [6, 6.07) is 10.9. The summed E-state index contributed by atoms with van der Waals surface area (Å²) in [7, 11) is 0. The molecule has 0 amide bonds. The molecule has 0 radical (unpaired) electrons. The molecule has 0 saturated carbocycles. The predicted molar refractivity (Wildman–Crippen MR) is 69.0 cm³/mol. The van der Waals surface area contributed by atoms with Crippen LogP contribution in [0.5, 0.6) is 0 Å². The third kappa shape index (κ3) is 2.03. The predicted octanol–water partition coefficient (Wildman–Crippen LogP) is 2.24. The summed E-state index contributed by atoms with van der Waals surface area (Å²) in [5.74, 6) is 0.608. The molecule has 3 atom stereocenters. The van der Waals surface area contributed by atoms with Crippen LogP contribution in [0.15, 0.2) is 30.3 Å². The lowest BCUT2D eigenvalue weighted by Gasteiger charge is -2.24. The smallest absolute Gasteiger partial charge is 0.310 e. The second kappa shape index (κ2) is 4.73. The molecule has 1 aromatic carbocycles. The fraction of sp³-hybridized carbons (Fsp3) is 0.533. The zero-order valence-corrected chi connectivity index (χ0v) is 10.7. The van der Waals surface area contributed by atoms with E-state index >= 15 is 0 Å². The molecule has 18 heavy (non-hydrogen) atoms. The first kappa shape index (κ1) is 11.7. The van der Waals surface area contributed by atoms with Crippen LogP contribution in [0, 0.1) is 11.8 Å². The van der Waals surface area contributed by atoms with Gasteiger partial charge in [0.1, 0.15) is 0 Å². The van der Waals surface area contributed by atoms with Crippen molar-refractivity contribution in [3.8, 4) is 0 Å². The number of carbonyl (C=O) groups is 1. The van der Waals surface area contributed by atoms with Gasteiger partial charge >= 0.3 is 5.97 Å². The summed E-state index contributed by atoms with van der Waals surface area (Å²) in [5, 5.41) is 0. The lowest BCUT2D eigenvalue weighted by molar-refractivity contribution is -0.154. The van der Waals surface area contributed by atoms with Crippen molar-refractivity contribution in [1.82, 2.24) is 4.90 Å². The van der Waals surface area contributed by atoms with E-state index in [2.05, 4.69) is 36.1 Å². The highest BCUT2D eigenvalue weighted by Gasteiger charge is 2.42. The Kier molecular flexibility index (Phi) is 3.08. The molecule has 96 valence electrons. The minimum Gasteiger partial charge on any atom is -0.465 e. The Hall–Kier alpha value is -1.35. The summed E-state index contributed by atoms with van der Waals surface area (Å²) in [5.41, 5.74) is 1.32. The number of rotatable bonds is 2. The Balaban J connectivity index is 1.73. The first-order valence-electron chi connectivity index (χ1n) is 6.71. The van der Waals surface area contributed by atoms with Gasteiger partial charge in [-0.2, -0.15) is 0 Å². The number of hydrogen-bond acceptors (Lipinski definition) is 3. The van der Waals surface area contributed by atoms with E-state index in [1.54, 1.807) is 0 Å². The van der Waals surface area contributed by atoms with Gasteiger partial charge in [0.15, 0.2) is 0 Å². The van der Waals surface area contributed by atoms with Crippen molar-refractivity contribution in [2.45, 2.75) is 19.4 Å². The van der Waals surface area contributed by atoms with Crippen LogP contribution < -0.4 is 0 Å². The standard InChI is InChI=1S/C15H19NO2/c1-11(12-5-3-2-4-6-12)16-9-13-7-8-18-15(17)14(13)10-16/h2-6,11,13-14H,7-10H2,1H3/t11-,13+,14-/m1/s1. The van der Waals surface area contributed by atoms with Crippen molar-refractivity contribution >= 4 is 5.97 Å². The van der Waals surface area contributed by atoms with Gasteiger partial charge in [0.25, 0.3) is 0 Å². The molecule has 2 aliphatic rings. The van der Waals surface area contributed by atoms with E-state index < -0.39 is 0 Å². The minimum atomic E-state index is 0.00834. The first-order valence-corrected chi connectivity index (χ1v) is 6.71. The lowest BCUT2D eigenvalue weighted by atomic mass is 9.91. The van der Waals surface area contributed by atoms with E-state index in [1.807, 2.05) is 6.07 Å². The molecule has 0 N–H and O–H groups in total. The molecule has 2 aliphatic heterocycles. The molecule has 0 aliphatic carbocycles.